The lowest BCUT2D eigenvalue weighted by atomic mass is 9.98. The number of nitrogens with zero attached hydrogens (tertiary/aromatic N) is 3. The van der Waals surface area contributed by atoms with Crippen molar-refractivity contribution in [3.8, 4) is 45.0 Å². The van der Waals surface area contributed by atoms with E-state index in [0.29, 0.717) is 11.6 Å². The molecule has 7 rings (SSSR count). The van der Waals surface area contributed by atoms with Gasteiger partial charge in [0.15, 0.2) is 11.6 Å². The minimum Gasteiger partial charge on any atom is -0.208 e. The molecule has 0 aliphatic rings. The molecule has 180 valence electrons. The molecule has 0 spiro atoms. The van der Waals surface area contributed by atoms with Crippen molar-refractivity contribution in [2.45, 2.75) is 0 Å². The zero-order valence-corrected chi connectivity index (χ0v) is 21.7. The minimum absolute atomic E-state index is 0.176. The molecule has 7 aromatic rings. The van der Waals surface area contributed by atoms with Crippen molar-refractivity contribution in [1.29, 1.82) is 0 Å². The summed E-state index contributed by atoms with van der Waals surface area (Å²) in [6, 6.07) is 41.8. The quantitative estimate of drug-likeness (QED) is 0.229. The highest BCUT2D eigenvalue weighted by Gasteiger charge is 2.17. The van der Waals surface area contributed by atoms with Crippen LogP contribution in [0.1, 0.15) is 0 Å². The summed E-state index contributed by atoms with van der Waals surface area (Å²) in [4.78, 5) is 14.0. The molecule has 2 heterocycles. The molecule has 0 aliphatic carbocycles. The van der Waals surface area contributed by atoms with Crippen LogP contribution in [-0.2, 0) is 0 Å². The molecule has 5 aromatic carbocycles. The number of benzene rings is 5. The Labute approximate surface area is 229 Å². The van der Waals surface area contributed by atoms with Crippen LogP contribution >= 0.6 is 22.9 Å². The van der Waals surface area contributed by atoms with E-state index >= 15 is 0 Å². The lowest BCUT2D eigenvalue weighted by molar-refractivity contribution is 1.07. The van der Waals surface area contributed by atoms with E-state index in [1.165, 1.54) is 14.8 Å². The number of halogens is 1. The van der Waals surface area contributed by atoms with E-state index < -0.39 is 0 Å². The second-order valence-electron chi connectivity index (χ2n) is 9.06. The molecule has 0 aliphatic heterocycles. The first-order valence-electron chi connectivity index (χ1n) is 12.3. The summed E-state index contributed by atoms with van der Waals surface area (Å²) < 4.78 is 2.42. The highest BCUT2D eigenvalue weighted by atomic mass is 35.5. The molecular weight excluding hydrogens is 506 g/mol. The highest BCUT2D eigenvalue weighted by molar-refractivity contribution is 7.26. The zero-order valence-electron chi connectivity index (χ0n) is 20.2. The smallest absolute Gasteiger partial charge is 0.208 e. The maximum Gasteiger partial charge on any atom is 0.226 e. The van der Waals surface area contributed by atoms with Crippen molar-refractivity contribution in [1.82, 2.24) is 15.0 Å². The number of fused-ring (bicyclic) bond motifs is 3. The Balaban J connectivity index is 1.41. The second kappa shape index (κ2) is 9.49. The third-order valence-electron chi connectivity index (χ3n) is 6.68. The van der Waals surface area contributed by atoms with Crippen LogP contribution in [0.15, 0.2) is 121 Å². The molecule has 0 unspecified atom stereocenters. The van der Waals surface area contributed by atoms with E-state index in [4.69, 9.17) is 16.6 Å². The van der Waals surface area contributed by atoms with Gasteiger partial charge in [-0.05, 0) is 52.1 Å². The van der Waals surface area contributed by atoms with E-state index in [1.54, 1.807) is 11.3 Å². The number of thiophene rings is 1. The average molecular weight is 526 g/mol. The van der Waals surface area contributed by atoms with Gasteiger partial charge in [-0.25, -0.2) is 4.98 Å². The lowest BCUT2D eigenvalue weighted by Gasteiger charge is -2.10. The lowest BCUT2D eigenvalue weighted by Crippen LogP contribution is -1.98. The fraction of sp³-hybridized carbons (Fsp3) is 0. The van der Waals surface area contributed by atoms with Gasteiger partial charge in [0.25, 0.3) is 0 Å². The van der Waals surface area contributed by atoms with Crippen LogP contribution in [0.5, 0.6) is 0 Å². The molecular formula is C33H20ClN3S. The van der Waals surface area contributed by atoms with Crippen molar-refractivity contribution in [3.63, 3.8) is 0 Å². The molecule has 2 aromatic heterocycles. The van der Waals surface area contributed by atoms with Gasteiger partial charge in [-0.3, -0.25) is 0 Å². The third-order valence-corrected chi connectivity index (χ3v) is 7.97. The first kappa shape index (κ1) is 22.8. The first-order chi connectivity index (χ1) is 18.7. The van der Waals surface area contributed by atoms with Crippen LogP contribution in [0.4, 0.5) is 0 Å². The summed E-state index contributed by atoms with van der Waals surface area (Å²) in [6.45, 7) is 0. The molecule has 0 saturated carbocycles. The van der Waals surface area contributed by atoms with E-state index in [-0.39, 0.29) is 5.28 Å². The predicted octanol–water partition coefficient (Wildman–Crippen LogP) is 9.56. The first-order valence-corrected chi connectivity index (χ1v) is 13.5. The Hall–Kier alpha value is -4.38. The van der Waals surface area contributed by atoms with Crippen molar-refractivity contribution < 1.29 is 0 Å². The van der Waals surface area contributed by atoms with Gasteiger partial charge in [0, 0.05) is 31.3 Å². The second-order valence-corrected chi connectivity index (χ2v) is 10.5. The van der Waals surface area contributed by atoms with Gasteiger partial charge < -0.3 is 0 Å². The van der Waals surface area contributed by atoms with E-state index in [1.807, 2.05) is 36.4 Å². The predicted molar refractivity (Wildman–Crippen MR) is 159 cm³/mol. The van der Waals surface area contributed by atoms with Crippen molar-refractivity contribution in [3.05, 3.63) is 127 Å². The van der Waals surface area contributed by atoms with Crippen LogP contribution in [0, 0.1) is 0 Å². The Morgan fingerprint density at radius 1 is 0.474 bits per heavy atom. The van der Waals surface area contributed by atoms with Crippen molar-refractivity contribution >= 4 is 43.1 Å². The molecule has 0 atom stereocenters. The summed E-state index contributed by atoms with van der Waals surface area (Å²) >= 11 is 8.30. The minimum atomic E-state index is 0.176. The maximum absolute atomic E-state index is 6.52. The number of hydrogen-bond donors (Lipinski definition) is 0. The highest BCUT2D eigenvalue weighted by Crippen LogP contribution is 2.42. The fourth-order valence-electron chi connectivity index (χ4n) is 4.87. The summed E-state index contributed by atoms with van der Waals surface area (Å²) in [5.41, 5.74) is 6.40. The Morgan fingerprint density at radius 3 is 1.79 bits per heavy atom. The molecule has 0 radical (unpaired) electrons. The van der Waals surface area contributed by atoms with Crippen LogP contribution in [0.2, 0.25) is 5.28 Å². The summed E-state index contributed by atoms with van der Waals surface area (Å²) in [5, 5.41) is 2.50. The fourth-order valence-corrected chi connectivity index (χ4v) is 6.20. The Bertz CT molecular complexity index is 1910. The summed E-state index contributed by atoms with van der Waals surface area (Å²) in [5.74, 6) is 1.12. The SMILES string of the molecule is Clc1nc(-c2ccc(-c3ccccc3)cc2)nc(-c2cc(-c3ccccc3)cc3sc4ccccc4c23)n1. The summed E-state index contributed by atoms with van der Waals surface area (Å²) in [7, 11) is 0. The Kier molecular flexibility index (Phi) is 5.69. The number of aromatic nitrogens is 3. The molecule has 0 N–H and O–H groups in total. The zero-order chi connectivity index (χ0) is 25.5. The molecule has 5 heteroatoms. The van der Waals surface area contributed by atoms with Crippen LogP contribution < -0.4 is 0 Å². The van der Waals surface area contributed by atoms with Gasteiger partial charge in [0.2, 0.25) is 5.28 Å². The molecule has 0 amide bonds. The van der Waals surface area contributed by atoms with E-state index in [9.17, 15) is 0 Å². The molecule has 0 fully saturated rings. The normalized spacial score (nSPS) is 11.3. The molecule has 38 heavy (non-hydrogen) atoms. The van der Waals surface area contributed by atoms with Crippen molar-refractivity contribution in [2.24, 2.45) is 0 Å². The molecule has 0 saturated heterocycles. The number of rotatable bonds is 4. The summed E-state index contributed by atoms with van der Waals surface area (Å²) in [6.07, 6.45) is 0. The number of hydrogen-bond acceptors (Lipinski definition) is 4. The van der Waals surface area contributed by atoms with Gasteiger partial charge in [0.05, 0.1) is 0 Å². The van der Waals surface area contributed by atoms with Gasteiger partial charge in [-0.1, -0.05) is 103 Å². The van der Waals surface area contributed by atoms with Gasteiger partial charge in [0.1, 0.15) is 0 Å². The molecule has 0 bridgehead atoms. The van der Waals surface area contributed by atoms with Crippen LogP contribution in [0.3, 0.4) is 0 Å². The molecule has 3 nitrogen and oxygen atoms in total. The third kappa shape index (κ3) is 4.14. The average Bonchev–Trinajstić information content (AvgIpc) is 3.36. The van der Waals surface area contributed by atoms with Crippen molar-refractivity contribution in [2.75, 3.05) is 0 Å². The van der Waals surface area contributed by atoms with Crippen LogP contribution in [0.25, 0.3) is 65.2 Å². The maximum atomic E-state index is 6.52. The van der Waals surface area contributed by atoms with E-state index in [2.05, 4.69) is 94.9 Å². The van der Waals surface area contributed by atoms with E-state index in [0.717, 1.165) is 38.8 Å². The van der Waals surface area contributed by atoms with Gasteiger partial charge >= 0.3 is 0 Å². The van der Waals surface area contributed by atoms with Crippen LogP contribution in [-0.4, -0.2) is 15.0 Å². The van der Waals surface area contributed by atoms with Gasteiger partial charge in [-0.2, -0.15) is 9.97 Å². The topological polar surface area (TPSA) is 38.7 Å². The standard InChI is InChI=1S/C33H20ClN3S/c34-33-36-31(24-17-15-23(16-18-24)21-9-3-1-4-10-21)35-32(37-33)27-19-25(22-11-5-2-6-12-22)20-29-30(27)26-13-7-8-14-28(26)38-29/h1-20H. The van der Waals surface area contributed by atoms with Gasteiger partial charge in [-0.15, -0.1) is 11.3 Å². The monoisotopic (exact) mass is 525 g/mol. The Morgan fingerprint density at radius 2 is 1.05 bits per heavy atom. The largest absolute Gasteiger partial charge is 0.226 e.